The molecule has 2 aromatic rings. The fraction of sp³-hybridized carbons (Fsp3) is 0.0909. The lowest BCUT2D eigenvalue weighted by atomic mass is 10.1. The molecule has 3 nitrogen and oxygen atoms in total. The lowest BCUT2D eigenvalue weighted by Gasteiger charge is -2.01. The van der Waals surface area contributed by atoms with Crippen LogP contribution in [0.3, 0.4) is 0 Å². The van der Waals surface area contributed by atoms with Crippen molar-refractivity contribution < 1.29 is 18.0 Å². The van der Waals surface area contributed by atoms with E-state index in [1.807, 2.05) is 0 Å². The summed E-state index contributed by atoms with van der Waals surface area (Å²) in [6.45, 7) is 0. The van der Waals surface area contributed by atoms with Crippen molar-refractivity contribution in [3.05, 3.63) is 44.9 Å². The normalized spacial score (nSPS) is 11.6. The van der Waals surface area contributed by atoms with Crippen LogP contribution < -0.4 is 5.73 Å². The van der Waals surface area contributed by atoms with Crippen molar-refractivity contribution >= 4 is 34.4 Å². The average molecular weight is 307 g/mol. The van der Waals surface area contributed by atoms with Crippen LogP contribution in [0.1, 0.15) is 20.2 Å². The van der Waals surface area contributed by atoms with E-state index in [0.717, 1.165) is 6.20 Å². The van der Waals surface area contributed by atoms with Gasteiger partial charge >= 0.3 is 6.18 Å². The molecular formula is C11H6ClF3N2OS. The lowest BCUT2D eigenvalue weighted by molar-refractivity contribution is -0.137. The number of ketones is 1. The van der Waals surface area contributed by atoms with E-state index in [2.05, 4.69) is 4.98 Å². The zero-order chi connectivity index (χ0) is 14.2. The minimum absolute atomic E-state index is 0.104. The van der Waals surface area contributed by atoms with Gasteiger partial charge in [0.2, 0.25) is 5.78 Å². The van der Waals surface area contributed by atoms with E-state index >= 15 is 0 Å². The number of hydrogen-bond donors (Lipinski definition) is 1. The van der Waals surface area contributed by atoms with Gasteiger partial charge in [0.25, 0.3) is 0 Å². The second-order valence-electron chi connectivity index (χ2n) is 3.59. The molecule has 0 amide bonds. The number of thiazole rings is 1. The maximum atomic E-state index is 12.4. The number of aromatic nitrogens is 1. The Balaban J connectivity index is 2.34. The molecule has 2 N–H and O–H groups in total. The van der Waals surface area contributed by atoms with Gasteiger partial charge in [0.05, 0.1) is 15.6 Å². The van der Waals surface area contributed by atoms with Crippen molar-refractivity contribution in [1.29, 1.82) is 0 Å². The minimum Gasteiger partial charge on any atom is -0.398 e. The van der Waals surface area contributed by atoms with Gasteiger partial charge in [0.15, 0.2) is 5.01 Å². The number of anilines is 1. The van der Waals surface area contributed by atoms with Crippen molar-refractivity contribution in [3.63, 3.8) is 0 Å². The Morgan fingerprint density at radius 3 is 2.58 bits per heavy atom. The predicted molar refractivity (Wildman–Crippen MR) is 66.4 cm³/mol. The number of rotatable bonds is 2. The number of benzene rings is 1. The van der Waals surface area contributed by atoms with Crippen molar-refractivity contribution in [2.75, 3.05) is 5.73 Å². The molecule has 2 rings (SSSR count). The summed E-state index contributed by atoms with van der Waals surface area (Å²) in [5, 5.41) is -0.885. The highest BCUT2D eigenvalue weighted by Gasteiger charge is 2.35. The fourth-order valence-electron chi connectivity index (χ4n) is 1.32. The summed E-state index contributed by atoms with van der Waals surface area (Å²) >= 11 is 6.05. The van der Waals surface area contributed by atoms with Crippen LogP contribution in [0.4, 0.5) is 18.9 Å². The molecule has 0 atom stereocenters. The summed E-state index contributed by atoms with van der Waals surface area (Å²) in [6, 6.07) is 4.13. The molecule has 100 valence electrons. The Hall–Kier alpha value is -1.60. The van der Waals surface area contributed by atoms with Crippen LogP contribution in [0, 0.1) is 0 Å². The maximum absolute atomic E-state index is 12.4. The van der Waals surface area contributed by atoms with Crippen molar-refractivity contribution in [1.82, 2.24) is 4.98 Å². The number of hydrogen-bond acceptors (Lipinski definition) is 4. The molecule has 0 saturated carbocycles. The first-order chi connectivity index (χ1) is 8.79. The summed E-state index contributed by atoms with van der Waals surface area (Å²) < 4.78 is 37.1. The van der Waals surface area contributed by atoms with E-state index < -0.39 is 17.0 Å². The number of nitrogens with two attached hydrogens (primary N) is 1. The molecule has 0 spiro atoms. The summed E-state index contributed by atoms with van der Waals surface area (Å²) in [6.07, 6.45) is -3.65. The van der Waals surface area contributed by atoms with Crippen LogP contribution in [-0.4, -0.2) is 10.8 Å². The van der Waals surface area contributed by atoms with E-state index in [0.29, 0.717) is 17.0 Å². The molecule has 0 fully saturated rings. The first-order valence-corrected chi connectivity index (χ1v) is 6.11. The maximum Gasteiger partial charge on any atom is 0.443 e. The van der Waals surface area contributed by atoms with Crippen molar-refractivity contribution in [2.24, 2.45) is 0 Å². The second-order valence-corrected chi connectivity index (χ2v) is 5.03. The average Bonchev–Trinajstić information content (AvgIpc) is 2.81. The molecular weight excluding hydrogens is 301 g/mol. The number of alkyl halides is 3. The Bertz CT molecular complexity index is 639. The van der Waals surface area contributed by atoms with E-state index in [1.165, 1.54) is 18.2 Å². The highest BCUT2D eigenvalue weighted by molar-refractivity contribution is 7.14. The monoisotopic (exact) mass is 306 g/mol. The van der Waals surface area contributed by atoms with Crippen LogP contribution in [0.5, 0.6) is 0 Å². The first kappa shape index (κ1) is 13.8. The Kier molecular flexibility index (Phi) is 3.51. The summed E-state index contributed by atoms with van der Waals surface area (Å²) in [4.78, 5) is 15.0. The topological polar surface area (TPSA) is 56.0 Å². The predicted octanol–water partition coefficient (Wildman–Crippen LogP) is 3.63. The minimum atomic E-state index is -4.55. The first-order valence-electron chi connectivity index (χ1n) is 4.92. The third-order valence-electron chi connectivity index (χ3n) is 2.23. The van der Waals surface area contributed by atoms with Crippen LogP contribution in [-0.2, 0) is 6.18 Å². The summed E-state index contributed by atoms with van der Waals surface area (Å²) in [7, 11) is 0. The number of nitrogen functional groups attached to an aromatic ring is 1. The fourth-order valence-corrected chi connectivity index (χ4v) is 2.25. The van der Waals surface area contributed by atoms with Gasteiger partial charge in [0, 0.05) is 11.8 Å². The smallest absolute Gasteiger partial charge is 0.398 e. The van der Waals surface area contributed by atoms with Gasteiger partial charge in [-0.15, -0.1) is 11.3 Å². The molecule has 1 aromatic carbocycles. The summed E-state index contributed by atoms with van der Waals surface area (Å²) in [5.74, 6) is -0.574. The molecule has 19 heavy (non-hydrogen) atoms. The van der Waals surface area contributed by atoms with Gasteiger partial charge in [-0.25, -0.2) is 4.98 Å². The molecule has 0 unspecified atom stereocenters. The number of carbonyl (C=O) groups is 1. The highest BCUT2D eigenvalue weighted by atomic mass is 35.5. The number of nitrogens with zero attached hydrogens (tertiary/aromatic N) is 1. The number of carbonyl (C=O) groups excluding carboxylic acids is 1. The Morgan fingerprint density at radius 2 is 2.05 bits per heavy atom. The van der Waals surface area contributed by atoms with Crippen LogP contribution in [0.25, 0.3) is 0 Å². The third kappa shape index (κ3) is 2.87. The quantitative estimate of drug-likeness (QED) is 0.681. The third-order valence-corrected chi connectivity index (χ3v) is 3.60. The molecule has 0 bridgehead atoms. The van der Waals surface area contributed by atoms with Crippen LogP contribution in [0.15, 0.2) is 24.4 Å². The molecule has 0 aliphatic carbocycles. The van der Waals surface area contributed by atoms with Gasteiger partial charge < -0.3 is 5.73 Å². The SMILES string of the molecule is Nc1ccc(C(=O)c2cnc(C(F)(F)F)s2)cc1Cl. The molecule has 1 heterocycles. The molecule has 0 radical (unpaired) electrons. The zero-order valence-electron chi connectivity index (χ0n) is 9.16. The molecule has 0 aliphatic heterocycles. The number of halogens is 4. The van der Waals surface area contributed by atoms with Crippen molar-refractivity contribution in [3.8, 4) is 0 Å². The second kappa shape index (κ2) is 4.82. The Morgan fingerprint density at radius 1 is 1.37 bits per heavy atom. The van der Waals surface area contributed by atoms with Crippen molar-refractivity contribution in [2.45, 2.75) is 6.18 Å². The molecule has 0 saturated heterocycles. The van der Waals surface area contributed by atoms with E-state index in [1.54, 1.807) is 0 Å². The zero-order valence-corrected chi connectivity index (χ0v) is 10.7. The molecule has 0 aliphatic rings. The van der Waals surface area contributed by atoms with Gasteiger partial charge in [-0.1, -0.05) is 11.6 Å². The standard InChI is InChI=1S/C11H6ClF3N2OS/c12-6-3-5(1-2-7(6)16)9(18)8-4-17-10(19-8)11(13,14)15/h1-4H,16H2. The van der Waals surface area contributed by atoms with Crippen LogP contribution in [0.2, 0.25) is 5.02 Å². The molecule has 8 heteroatoms. The molecule has 1 aromatic heterocycles. The van der Waals surface area contributed by atoms with Gasteiger partial charge in [-0.2, -0.15) is 13.2 Å². The largest absolute Gasteiger partial charge is 0.443 e. The van der Waals surface area contributed by atoms with Gasteiger partial charge in [0.1, 0.15) is 0 Å². The Labute approximate surface area is 114 Å². The van der Waals surface area contributed by atoms with E-state index in [-0.39, 0.29) is 15.5 Å². The summed E-state index contributed by atoms with van der Waals surface area (Å²) in [5.41, 5.74) is 5.94. The highest BCUT2D eigenvalue weighted by Crippen LogP contribution is 2.33. The van der Waals surface area contributed by atoms with Crippen LogP contribution >= 0.6 is 22.9 Å². The van der Waals surface area contributed by atoms with E-state index in [9.17, 15) is 18.0 Å². The van der Waals surface area contributed by atoms with Gasteiger partial charge in [-0.05, 0) is 18.2 Å². The lowest BCUT2D eigenvalue weighted by Crippen LogP contribution is -2.03. The van der Waals surface area contributed by atoms with E-state index in [4.69, 9.17) is 17.3 Å². The van der Waals surface area contributed by atoms with Gasteiger partial charge in [-0.3, -0.25) is 4.79 Å².